The maximum Gasteiger partial charge on any atom is 0.238 e. The fourth-order valence-corrected chi connectivity index (χ4v) is 3.10. The van der Waals surface area contributed by atoms with Crippen molar-refractivity contribution in [2.45, 2.75) is 24.7 Å². The lowest BCUT2D eigenvalue weighted by Gasteiger charge is -2.09. The van der Waals surface area contributed by atoms with Gasteiger partial charge in [-0.1, -0.05) is 17.7 Å². The average Bonchev–Trinajstić information content (AvgIpc) is 2.54. The molecule has 1 amide bonds. The molecule has 0 bridgehead atoms. The predicted molar refractivity (Wildman–Crippen MR) is 97.4 cm³/mol. The van der Waals surface area contributed by atoms with Crippen molar-refractivity contribution in [1.82, 2.24) is 0 Å². The van der Waals surface area contributed by atoms with Crippen LogP contribution in [0.5, 0.6) is 5.75 Å². The summed E-state index contributed by atoms with van der Waals surface area (Å²) in [4.78, 5) is 11.9. The predicted octanol–water partition coefficient (Wildman–Crippen LogP) is 3.09. The number of hydrogen-bond donors (Lipinski definition) is 2. The van der Waals surface area contributed by atoms with Crippen LogP contribution in [0.1, 0.15) is 18.4 Å². The number of carbonyl (C=O) groups excluding carboxylic acids is 1. The van der Waals surface area contributed by atoms with Crippen molar-refractivity contribution in [1.29, 1.82) is 0 Å². The lowest BCUT2D eigenvalue weighted by atomic mass is 10.2. The Morgan fingerprint density at radius 1 is 1.20 bits per heavy atom. The van der Waals surface area contributed by atoms with E-state index in [1.807, 2.05) is 0 Å². The Morgan fingerprint density at radius 2 is 1.88 bits per heavy atom. The first-order valence-electron chi connectivity index (χ1n) is 7.57. The summed E-state index contributed by atoms with van der Waals surface area (Å²) in [6.45, 7) is 2.02. The fraction of sp³-hybridized carbons (Fsp3) is 0.235. The normalized spacial score (nSPS) is 11.2. The number of benzene rings is 2. The number of amides is 1. The molecule has 0 saturated carbocycles. The number of nitrogens with one attached hydrogen (secondary N) is 1. The van der Waals surface area contributed by atoms with Crippen molar-refractivity contribution < 1.29 is 17.9 Å². The zero-order chi connectivity index (χ0) is 18.4. The van der Waals surface area contributed by atoms with Gasteiger partial charge in [0.05, 0.1) is 11.5 Å². The molecule has 0 spiro atoms. The van der Waals surface area contributed by atoms with E-state index < -0.39 is 10.0 Å². The Labute approximate surface area is 152 Å². The third-order valence-corrected chi connectivity index (χ3v) is 4.71. The molecule has 2 rings (SSSR count). The SMILES string of the molecule is Cc1ccc(NC(=O)CCCOc2ccc(Cl)cc2)cc1S(N)(=O)=O. The lowest BCUT2D eigenvalue weighted by molar-refractivity contribution is -0.116. The molecule has 2 aromatic carbocycles. The van der Waals surface area contributed by atoms with Gasteiger partial charge in [-0.15, -0.1) is 0 Å². The molecule has 6 nitrogen and oxygen atoms in total. The minimum Gasteiger partial charge on any atom is -0.494 e. The monoisotopic (exact) mass is 382 g/mol. The number of aryl methyl sites for hydroxylation is 1. The molecule has 25 heavy (non-hydrogen) atoms. The molecule has 0 heterocycles. The van der Waals surface area contributed by atoms with Gasteiger partial charge in [0.1, 0.15) is 5.75 Å². The minimum absolute atomic E-state index is 0.00336. The van der Waals surface area contributed by atoms with Crippen LogP contribution in [0, 0.1) is 6.92 Å². The summed E-state index contributed by atoms with van der Waals surface area (Å²) in [6, 6.07) is 11.5. The van der Waals surface area contributed by atoms with E-state index in [0.717, 1.165) is 0 Å². The van der Waals surface area contributed by atoms with Crippen molar-refractivity contribution >= 4 is 33.2 Å². The zero-order valence-electron chi connectivity index (χ0n) is 13.7. The van der Waals surface area contributed by atoms with Crippen molar-refractivity contribution in [2.75, 3.05) is 11.9 Å². The van der Waals surface area contributed by atoms with E-state index in [2.05, 4.69) is 5.32 Å². The van der Waals surface area contributed by atoms with Gasteiger partial charge in [0.25, 0.3) is 0 Å². The summed E-state index contributed by atoms with van der Waals surface area (Å²) in [5, 5.41) is 8.44. The van der Waals surface area contributed by atoms with Crippen molar-refractivity contribution in [2.24, 2.45) is 5.14 Å². The Bertz CT molecular complexity index is 851. The smallest absolute Gasteiger partial charge is 0.238 e. The molecule has 0 aliphatic heterocycles. The molecular formula is C17H19ClN2O4S. The van der Waals surface area contributed by atoms with Crippen LogP contribution in [0.25, 0.3) is 0 Å². The summed E-state index contributed by atoms with van der Waals surface area (Å²) >= 11 is 5.79. The number of hydrogen-bond acceptors (Lipinski definition) is 4. The van der Waals surface area contributed by atoms with Crippen molar-refractivity contribution in [3.8, 4) is 5.75 Å². The maximum absolute atomic E-state index is 11.9. The molecule has 0 aromatic heterocycles. The van der Waals surface area contributed by atoms with Gasteiger partial charge >= 0.3 is 0 Å². The van der Waals surface area contributed by atoms with Gasteiger partial charge in [0, 0.05) is 17.1 Å². The number of halogens is 1. The van der Waals surface area contributed by atoms with E-state index in [-0.39, 0.29) is 17.2 Å². The van der Waals surface area contributed by atoms with Gasteiger partial charge < -0.3 is 10.1 Å². The van der Waals surface area contributed by atoms with Crippen LogP contribution in [0.3, 0.4) is 0 Å². The molecule has 134 valence electrons. The quantitative estimate of drug-likeness (QED) is 0.719. The molecular weight excluding hydrogens is 364 g/mol. The molecule has 0 saturated heterocycles. The first-order valence-corrected chi connectivity index (χ1v) is 9.50. The number of carbonyl (C=O) groups is 1. The van der Waals surface area contributed by atoms with Gasteiger partial charge in [0.15, 0.2) is 0 Å². The third kappa shape index (κ3) is 6.04. The Kier molecular flexibility index (Phi) is 6.41. The summed E-state index contributed by atoms with van der Waals surface area (Å²) in [5.74, 6) is 0.449. The largest absolute Gasteiger partial charge is 0.494 e. The highest BCUT2D eigenvalue weighted by Crippen LogP contribution is 2.19. The summed E-state index contributed by atoms with van der Waals surface area (Å²) in [7, 11) is -3.83. The first kappa shape index (κ1) is 19.2. The second-order valence-electron chi connectivity index (χ2n) is 5.48. The second kappa shape index (κ2) is 8.33. The van der Waals surface area contributed by atoms with E-state index in [4.69, 9.17) is 21.5 Å². The van der Waals surface area contributed by atoms with Crippen LogP contribution in [-0.2, 0) is 14.8 Å². The molecule has 0 aliphatic rings. The van der Waals surface area contributed by atoms with Crippen molar-refractivity contribution in [3.63, 3.8) is 0 Å². The van der Waals surface area contributed by atoms with E-state index in [1.165, 1.54) is 6.07 Å². The van der Waals surface area contributed by atoms with Crippen LogP contribution >= 0.6 is 11.6 Å². The molecule has 0 unspecified atom stereocenters. The number of anilines is 1. The Balaban J connectivity index is 1.83. The van der Waals surface area contributed by atoms with Gasteiger partial charge in [-0.3, -0.25) is 4.79 Å². The highest BCUT2D eigenvalue weighted by atomic mass is 35.5. The van der Waals surface area contributed by atoms with Crippen LogP contribution in [0.4, 0.5) is 5.69 Å². The third-order valence-electron chi connectivity index (χ3n) is 3.41. The highest BCUT2D eigenvalue weighted by molar-refractivity contribution is 7.89. The molecule has 8 heteroatoms. The van der Waals surface area contributed by atoms with E-state index >= 15 is 0 Å². The molecule has 0 atom stereocenters. The maximum atomic E-state index is 11.9. The van der Waals surface area contributed by atoms with E-state index in [1.54, 1.807) is 43.3 Å². The molecule has 0 fully saturated rings. The summed E-state index contributed by atoms with van der Waals surface area (Å²) in [6.07, 6.45) is 0.758. The zero-order valence-corrected chi connectivity index (χ0v) is 15.2. The van der Waals surface area contributed by atoms with Crippen LogP contribution in [0.2, 0.25) is 5.02 Å². The standard InChI is InChI=1S/C17H19ClN2O4S/c1-12-4-7-14(11-16(12)25(19,22)23)20-17(21)3-2-10-24-15-8-5-13(18)6-9-15/h4-9,11H,2-3,10H2,1H3,(H,20,21)(H2,19,22,23). The van der Waals surface area contributed by atoms with Crippen LogP contribution < -0.4 is 15.2 Å². The number of ether oxygens (including phenoxy) is 1. The first-order chi connectivity index (χ1) is 11.8. The Morgan fingerprint density at radius 3 is 2.52 bits per heavy atom. The van der Waals surface area contributed by atoms with Crippen LogP contribution in [-0.4, -0.2) is 20.9 Å². The molecule has 0 aliphatic carbocycles. The Hall–Kier alpha value is -2.09. The summed E-state index contributed by atoms with van der Waals surface area (Å²) in [5.41, 5.74) is 0.912. The topological polar surface area (TPSA) is 98.5 Å². The van der Waals surface area contributed by atoms with Gasteiger partial charge in [-0.05, 0) is 55.3 Å². The van der Waals surface area contributed by atoms with Gasteiger partial charge in [0.2, 0.25) is 15.9 Å². The van der Waals surface area contributed by atoms with E-state index in [0.29, 0.717) is 35.1 Å². The minimum atomic E-state index is -3.83. The number of sulfonamides is 1. The molecule has 3 N–H and O–H groups in total. The van der Waals surface area contributed by atoms with Gasteiger partial charge in [-0.25, -0.2) is 13.6 Å². The van der Waals surface area contributed by atoms with Crippen molar-refractivity contribution in [3.05, 3.63) is 53.1 Å². The number of nitrogens with two attached hydrogens (primary N) is 1. The van der Waals surface area contributed by atoms with Crippen LogP contribution in [0.15, 0.2) is 47.4 Å². The number of primary sulfonamides is 1. The fourth-order valence-electron chi connectivity index (χ4n) is 2.16. The molecule has 2 aromatic rings. The highest BCUT2D eigenvalue weighted by Gasteiger charge is 2.13. The van der Waals surface area contributed by atoms with Gasteiger partial charge in [-0.2, -0.15) is 0 Å². The summed E-state index contributed by atoms with van der Waals surface area (Å²) < 4.78 is 28.5. The second-order valence-corrected chi connectivity index (χ2v) is 7.45. The number of rotatable bonds is 7. The molecule has 0 radical (unpaired) electrons. The average molecular weight is 383 g/mol. The lowest BCUT2D eigenvalue weighted by Crippen LogP contribution is -2.16. The van der Waals surface area contributed by atoms with E-state index in [9.17, 15) is 13.2 Å².